The number of likely N-dealkylation sites (N-methyl/N-ethyl adjacent to an activating group) is 1. The SMILES string of the molecule is CCn1nccc1CNc1ccc(CC(=O)NC)cc1. The number of anilines is 1. The van der Waals surface area contributed by atoms with E-state index < -0.39 is 0 Å². The van der Waals surface area contributed by atoms with Crippen molar-refractivity contribution in [1.29, 1.82) is 0 Å². The normalized spacial score (nSPS) is 10.3. The van der Waals surface area contributed by atoms with Crippen LogP contribution in [0.25, 0.3) is 0 Å². The van der Waals surface area contributed by atoms with Gasteiger partial charge in [-0.2, -0.15) is 5.10 Å². The van der Waals surface area contributed by atoms with E-state index in [-0.39, 0.29) is 5.91 Å². The zero-order valence-corrected chi connectivity index (χ0v) is 11.9. The smallest absolute Gasteiger partial charge is 0.224 e. The number of rotatable bonds is 6. The van der Waals surface area contributed by atoms with Crippen molar-refractivity contribution in [3.63, 3.8) is 0 Å². The highest BCUT2D eigenvalue weighted by molar-refractivity contribution is 5.78. The molecular weight excluding hydrogens is 252 g/mol. The molecule has 0 aliphatic rings. The van der Waals surface area contributed by atoms with Gasteiger partial charge in [-0.1, -0.05) is 12.1 Å². The number of hydrogen-bond donors (Lipinski definition) is 2. The summed E-state index contributed by atoms with van der Waals surface area (Å²) in [5.41, 5.74) is 3.20. The third kappa shape index (κ3) is 3.60. The molecule has 1 amide bonds. The summed E-state index contributed by atoms with van der Waals surface area (Å²) in [5, 5.41) is 10.2. The minimum absolute atomic E-state index is 0.0255. The number of amides is 1. The van der Waals surface area contributed by atoms with Crippen molar-refractivity contribution >= 4 is 11.6 Å². The lowest BCUT2D eigenvalue weighted by Gasteiger charge is -2.09. The van der Waals surface area contributed by atoms with Crippen LogP contribution in [0.15, 0.2) is 36.5 Å². The summed E-state index contributed by atoms with van der Waals surface area (Å²) in [6.45, 7) is 3.68. The standard InChI is InChI=1S/C15H20N4O/c1-3-19-14(8-9-18-19)11-17-13-6-4-12(5-7-13)10-15(20)16-2/h4-9,17H,3,10-11H2,1-2H3,(H,16,20). The monoisotopic (exact) mass is 272 g/mol. The van der Waals surface area contributed by atoms with E-state index in [4.69, 9.17) is 0 Å². The van der Waals surface area contributed by atoms with Crippen LogP contribution < -0.4 is 10.6 Å². The highest BCUT2D eigenvalue weighted by Crippen LogP contribution is 2.11. The van der Waals surface area contributed by atoms with E-state index in [2.05, 4.69) is 22.7 Å². The third-order valence-electron chi connectivity index (χ3n) is 3.18. The van der Waals surface area contributed by atoms with Gasteiger partial charge in [-0.05, 0) is 30.7 Å². The molecular formula is C15H20N4O. The molecule has 2 rings (SSSR count). The lowest BCUT2D eigenvalue weighted by molar-refractivity contribution is -0.119. The van der Waals surface area contributed by atoms with Gasteiger partial charge in [-0.25, -0.2) is 0 Å². The highest BCUT2D eigenvalue weighted by atomic mass is 16.1. The van der Waals surface area contributed by atoms with Crippen LogP contribution in [0.5, 0.6) is 0 Å². The quantitative estimate of drug-likeness (QED) is 0.843. The molecule has 0 unspecified atom stereocenters. The Balaban J connectivity index is 1.92. The Kier molecular flexibility index (Phi) is 4.76. The van der Waals surface area contributed by atoms with Crippen molar-refractivity contribution in [1.82, 2.24) is 15.1 Å². The van der Waals surface area contributed by atoms with Crippen LogP contribution in [-0.4, -0.2) is 22.7 Å². The first-order valence-electron chi connectivity index (χ1n) is 6.77. The molecule has 0 bridgehead atoms. The first-order chi connectivity index (χ1) is 9.72. The zero-order valence-electron chi connectivity index (χ0n) is 11.9. The van der Waals surface area contributed by atoms with Gasteiger partial charge in [0.2, 0.25) is 5.91 Å². The van der Waals surface area contributed by atoms with Crippen LogP contribution in [0.1, 0.15) is 18.2 Å². The Morgan fingerprint density at radius 2 is 2.00 bits per heavy atom. The molecule has 0 saturated heterocycles. The topological polar surface area (TPSA) is 59.0 Å². The fourth-order valence-electron chi connectivity index (χ4n) is 2.00. The van der Waals surface area contributed by atoms with Gasteiger partial charge < -0.3 is 10.6 Å². The van der Waals surface area contributed by atoms with Crippen molar-refractivity contribution in [2.24, 2.45) is 0 Å². The van der Waals surface area contributed by atoms with Crippen LogP contribution in [0.3, 0.4) is 0 Å². The Hall–Kier alpha value is -2.30. The van der Waals surface area contributed by atoms with Gasteiger partial charge in [-0.15, -0.1) is 0 Å². The first kappa shape index (κ1) is 14.1. The number of nitrogens with zero attached hydrogens (tertiary/aromatic N) is 2. The maximum absolute atomic E-state index is 11.3. The number of aryl methyl sites for hydroxylation is 1. The Morgan fingerprint density at radius 1 is 1.25 bits per heavy atom. The van der Waals surface area contributed by atoms with Crippen LogP contribution in [-0.2, 0) is 24.3 Å². The van der Waals surface area contributed by atoms with Gasteiger partial charge in [0, 0.05) is 25.5 Å². The fourth-order valence-corrected chi connectivity index (χ4v) is 2.00. The van der Waals surface area contributed by atoms with Gasteiger partial charge in [-0.3, -0.25) is 9.48 Å². The van der Waals surface area contributed by atoms with E-state index >= 15 is 0 Å². The molecule has 5 nitrogen and oxygen atoms in total. The number of carbonyl (C=O) groups is 1. The van der Waals surface area contributed by atoms with E-state index in [1.54, 1.807) is 7.05 Å². The molecule has 0 spiro atoms. The molecule has 106 valence electrons. The molecule has 0 saturated carbocycles. The second-order valence-corrected chi connectivity index (χ2v) is 4.54. The second-order valence-electron chi connectivity index (χ2n) is 4.54. The average Bonchev–Trinajstić information content (AvgIpc) is 2.94. The Morgan fingerprint density at radius 3 is 2.65 bits per heavy atom. The summed E-state index contributed by atoms with van der Waals surface area (Å²) in [5.74, 6) is 0.0255. The number of nitrogens with one attached hydrogen (secondary N) is 2. The summed E-state index contributed by atoms with van der Waals surface area (Å²) in [6, 6.07) is 9.93. The van der Waals surface area contributed by atoms with Gasteiger partial charge in [0.25, 0.3) is 0 Å². The van der Waals surface area contributed by atoms with E-state index in [0.29, 0.717) is 6.42 Å². The zero-order chi connectivity index (χ0) is 14.4. The molecule has 1 aromatic heterocycles. The maximum atomic E-state index is 11.3. The van der Waals surface area contributed by atoms with E-state index in [0.717, 1.165) is 30.0 Å². The average molecular weight is 272 g/mol. The van der Waals surface area contributed by atoms with E-state index in [9.17, 15) is 4.79 Å². The molecule has 0 radical (unpaired) electrons. The molecule has 5 heteroatoms. The van der Waals surface area contributed by atoms with Crippen molar-refractivity contribution in [3.8, 4) is 0 Å². The number of aromatic nitrogens is 2. The van der Waals surface area contributed by atoms with Crippen molar-refractivity contribution in [2.75, 3.05) is 12.4 Å². The Labute approximate surface area is 119 Å². The minimum atomic E-state index is 0.0255. The summed E-state index contributed by atoms with van der Waals surface area (Å²) in [7, 11) is 1.65. The van der Waals surface area contributed by atoms with Crippen molar-refractivity contribution in [2.45, 2.75) is 26.4 Å². The van der Waals surface area contributed by atoms with Crippen molar-refractivity contribution < 1.29 is 4.79 Å². The summed E-state index contributed by atoms with van der Waals surface area (Å²) in [4.78, 5) is 11.3. The van der Waals surface area contributed by atoms with E-state index in [1.807, 2.05) is 41.2 Å². The fraction of sp³-hybridized carbons (Fsp3) is 0.333. The molecule has 0 fully saturated rings. The molecule has 2 aromatic rings. The molecule has 2 N–H and O–H groups in total. The van der Waals surface area contributed by atoms with E-state index in [1.165, 1.54) is 0 Å². The Bertz CT molecular complexity index is 560. The molecule has 1 heterocycles. The molecule has 0 atom stereocenters. The first-order valence-corrected chi connectivity index (χ1v) is 6.77. The predicted octanol–water partition coefficient (Wildman–Crippen LogP) is 1.80. The van der Waals surface area contributed by atoms with Gasteiger partial charge in [0.05, 0.1) is 18.7 Å². The number of benzene rings is 1. The minimum Gasteiger partial charge on any atom is -0.379 e. The van der Waals surface area contributed by atoms with Crippen molar-refractivity contribution in [3.05, 3.63) is 47.8 Å². The predicted molar refractivity (Wildman–Crippen MR) is 79.4 cm³/mol. The van der Waals surface area contributed by atoms with Crippen LogP contribution >= 0.6 is 0 Å². The molecule has 0 aliphatic heterocycles. The van der Waals surface area contributed by atoms with Gasteiger partial charge in [0.1, 0.15) is 0 Å². The second kappa shape index (κ2) is 6.75. The largest absolute Gasteiger partial charge is 0.379 e. The lowest BCUT2D eigenvalue weighted by atomic mass is 10.1. The van der Waals surface area contributed by atoms with Crippen LogP contribution in [0, 0.1) is 0 Å². The van der Waals surface area contributed by atoms with Crippen LogP contribution in [0.2, 0.25) is 0 Å². The molecule has 1 aromatic carbocycles. The van der Waals surface area contributed by atoms with Gasteiger partial charge in [0.15, 0.2) is 0 Å². The summed E-state index contributed by atoms with van der Waals surface area (Å²) in [6.07, 6.45) is 2.23. The number of hydrogen-bond acceptors (Lipinski definition) is 3. The number of carbonyl (C=O) groups excluding carboxylic acids is 1. The third-order valence-corrected chi connectivity index (χ3v) is 3.18. The lowest BCUT2D eigenvalue weighted by Crippen LogP contribution is -2.19. The molecule has 0 aliphatic carbocycles. The molecule has 20 heavy (non-hydrogen) atoms. The highest BCUT2D eigenvalue weighted by Gasteiger charge is 2.02. The van der Waals surface area contributed by atoms with Crippen LogP contribution in [0.4, 0.5) is 5.69 Å². The summed E-state index contributed by atoms with van der Waals surface area (Å²) < 4.78 is 1.97. The summed E-state index contributed by atoms with van der Waals surface area (Å²) >= 11 is 0. The van der Waals surface area contributed by atoms with Gasteiger partial charge >= 0.3 is 0 Å². The maximum Gasteiger partial charge on any atom is 0.224 e.